The molecule has 1 heterocycles. The van der Waals surface area contributed by atoms with Crippen LogP contribution < -0.4 is 10.5 Å². The average molecular weight is 225 g/mol. The summed E-state index contributed by atoms with van der Waals surface area (Å²) in [6.07, 6.45) is 0. The van der Waals surface area contributed by atoms with Gasteiger partial charge < -0.3 is 14.3 Å². The van der Waals surface area contributed by atoms with Crippen molar-refractivity contribution >= 4 is 0 Å². The number of H-pyrrole nitrogens is 1. The Morgan fingerprint density at radius 1 is 1.50 bits per heavy atom. The van der Waals surface area contributed by atoms with Gasteiger partial charge >= 0.3 is 5.76 Å². The third kappa shape index (κ3) is 1.54. The number of hydrogen-bond acceptors (Lipinski definition) is 4. The minimum Gasteiger partial charge on any atom is -0.496 e. The monoisotopic (exact) mass is 225 g/mol. The van der Waals surface area contributed by atoms with Crippen LogP contribution in [0.2, 0.25) is 0 Å². The van der Waals surface area contributed by atoms with Crippen LogP contribution in [-0.2, 0) is 0 Å². The summed E-state index contributed by atoms with van der Waals surface area (Å²) in [5, 5.41) is 9.36. The molecule has 0 bridgehead atoms. The Kier molecular flexibility index (Phi) is 2.40. The van der Waals surface area contributed by atoms with E-state index in [-0.39, 0.29) is 17.1 Å². The minimum atomic E-state index is -0.863. The van der Waals surface area contributed by atoms with E-state index < -0.39 is 17.5 Å². The van der Waals surface area contributed by atoms with E-state index in [1.807, 2.05) is 4.98 Å². The Hall–Kier alpha value is -2.24. The molecule has 0 saturated carbocycles. The summed E-state index contributed by atoms with van der Waals surface area (Å²) in [7, 11) is 1.35. The number of aromatic nitrogens is 1. The fourth-order valence-corrected chi connectivity index (χ4v) is 1.38. The normalized spacial score (nSPS) is 10.4. The summed E-state index contributed by atoms with van der Waals surface area (Å²) in [5.41, 5.74) is -0.0964. The largest absolute Gasteiger partial charge is 0.496 e. The molecule has 0 fully saturated rings. The molecule has 0 aliphatic carbocycles. The predicted molar refractivity (Wildman–Crippen MR) is 52.9 cm³/mol. The molecular formula is C10H8FNO4. The molecule has 0 aliphatic heterocycles. The molecule has 0 amide bonds. The first kappa shape index (κ1) is 10.3. The van der Waals surface area contributed by atoms with Crippen LogP contribution in [0.3, 0.4) is 0 Å². The van der Waals surface area contributed by atoms with Crippen molar-refractivity contribution in [1.82, 2.24) is 4.98 Å². The molecule has 0 aliphatic rings. The lowest BCUT2D eigenvalue weighted by Gasteiger charge is -2.06. The van der Waals surface area contributed by atoms with Gasteiger partial charge in [-0.2, -0.15) is 0 Å². The number of methoxy groups -OCH3 is 1. The molecule has 2 N–H and O–H groups in total. The third-order valence-corrected chi connectivity index (χ3v) is 2.05. The maximum atomic E-state index is 13.5. The molecule has 0 radical (unpaired) electrons. The number of oxazole rings is 1. The summed E-state index contributed by atoms with van der Waals surface area (Å²) in [6.45, 7) is 0. The number of benzene rings is 1. The van der Waals surface area contributed by atoms with E-state index in [9.17, 15) is 14.3 Å². The number of ether oxygens (including phenoxy) is 1. The van der Waals surface area contributed by atoms with E-state index in [1.165, 1.54) is 25.3 Å². The van der Waals surface area contributed by atoms with Crippen molar-refractivity contribution in [1.29, 1.82) is 0 Å². The van der Waals surface area contributed by atoms with Gasteiger partial charge in [-0.15, -0.1) is 0 Å². The second-order valence-corrected chi connectivity index (χ2v) is 3.01. The van der Waals surface area contributed by atoms with Gasteiger partial charge in [0.15, 0.2) is 0 Å². The smallest absolute Gasteiger partial charge is 0.419 e. The SMILES string of the molecule is COc1cccc(F)c1-c1oc(=O)[nH]c1O. The molecule has 0 atom stereocenters. The molecule has 1 aromatic heterocycles. The zero-order valence-corrected chi connectivity index (χ0v) is 8.28. The number of aromatic hydroxyl groups is 1. The lowest BCUT2D eigenvalue weighted by molar-refractivity contribution is 0.408. The molecule has 16 heavy (non-hydrogen) atoms. The lowest BCUT2D eigenvalue weighted by atomic mass is 10.1. The molecule has 0 saturated heterocycles. The molecule has 0 spiro atoms. The zero-order chi connectivity index (χ0) is 11.7. The van der Waals surface area contributed by atoms with Crippen molar-refractivity contribution in [3.63, 3.8) is 0 Å². The molecule has 1 aromatic carbocycles. The summed E-state index contributed by atoms with van der Waals surface area (Å²) < 4.78 is 23.1. The van der Waals surface area contributed by atoms with Gasteiger partial charge in [-0.25, -0.2) is 9.18 Å². The average Bonchev–Trinajstić information content (AvgIpc) is 2.57. The summed E-state index contributed by atoms with van der Waals surface area (Å²) in [6, 6.07) is 4.11. The second-order valence-electron chi connectivity index (χ2n) is 3.01. The number of halogens is 1. The summed E-state index contributed by atoms with van der Waals surface area (Å²) in [5.74, 6) is -2.17. The Bertz CT molecular complexity index is 572. The van der Waals surface area contributed by atoms with E-state index >= 15 is 0 Å². The minimum absolute atomic E-state index is 0.0964. The number of hydrogen-bond donors (Lipinski definition) is 2. The van der Waals surface area contributed by atoms with Gasteiger partial charge in [0.25, 0.3) is 0 Å². The fourth-order valence-electron chi connectivity index (χ4n) is 1.38. The van der Waals surface area contributed by atoms with Crippen molar-refractivity contribution in [3.05, 3.63) is 34.6 Å². The van der Waals surface area contributed by atoms with Gasteiger partial charge in [-0.3, -0.25) is 4.98 Å². The highest BCUT2D eigenvalue weighted by Gasteiger charge is 2.20. The molecule has 5 nitrogen and oxygen atoms in total. The van der Waals surface area contributed by atoms with Crippen molar-refractivity contribution in [2.45, 2.75) is 0 Å². The van der Waals surface area contributed by atoms with Gasteiger partial charge in [0.1, 0.15) is 17.1 Å². The van der Waals surface area contributed by atoms with Gasteiger partial charge in [0.05, 0.1) is 7.11 Å². The van der Waals surface area contributed by atoms with Gasteiger partial charge in [-0.1, -0.05) is 6.07 Å². The van der Waals surface area contributed by atoms with Crippen molar-refractivity contribution in [3.8, 4) is 23.0 Å². The van der Waals surface area contributed by atoms with Crippen LogP contribution in [0.25, 0.3) is 11.3 Å². The van der Waals surface area contributed by atoms with Crippen LogP contribution in [0.5, 0.6) is 11.6 Å². The fraction of sp³-hybridized carbons (Fsp3) is 0.100. The summed E-state index contributed by atoms with van der Waals surface area (Å²) >= 11 is 0. The van der Waals surface area contributed by atoms with Crippen LogP contribution in [0.15, 0.2) is 27.4 Å². The van der Waals surface area contributed by atoms with Crippen LogP contribution in [0, 0.1) is 5.82 Å². The molecule has 6 heteroatoms. The Morgan fingerprint density at radius 3 is 2.81 bits per heavy atom. The van der Waals surface area contributed by atoms with E-state index in [0.29, 0.717) is 0 Å². The maximum Gasteiger partial charge on any atom is 0.419 e. The summed E-state index contributed by atoms with van der Waals surface area (Å²) in [4.78, 5) is 12.8. The third-order valence-electron chi connectivity index (χ3n) is 2.05. The van der Waals surface area contributed by atoms with Gasteiger partial charge in [-0.05, 0) is 12.1 Å². The highest BCUT2D eigenvalue weighted by Crippen LogP contribution is 2.35. The van der Waals surface area contributed by atoms with Gasteiger partial charge in [0, 0.05) is 0 Å². The Morgan fingerprint density at radius 2 is 2.25 bits per heavy atom. The standard InChI is InChI=1S/C10H8FNO4/c1-15-6-4-2-3-5(11)7(6)8-9(13)12-10(14)16-8/h2-4,13H,1H3,(H,12,14). The first-order valence-corrected chi connectivity index (χ1v) is 4.38. The lowest BCUT2D eigenvalue weighted by Crippen LogP contribution is -1.93. The molecule has 84 valence electrons. The number of nitrogens with one attached hydrogen (secondary N) is 1. The van der Waals surface area contributed by atoms with Crippen LogP contribution >= 0.6 is 0 Å². The number of aromatic amines is 1. The van der Waals surface area contributed by atoms with E-state index in [4.69, 9.17) is 4.74 Å². The van der Waals surface area contributed by atoms with E-state index in [1.54, 1.807) is 0 Å². The van der Waals surface area contributed by atoms with Crippen LogP contribution in [0.4, 0.5) is 4.39 Å². The Labute approximate surface area is 89.1 Å². The molecule has 0 unspecified atom stereocenters. The first-order valence-electron chi connectivity index (χ1n) is 4.38. The second kappa shape index (κ2) is 3.73. The predicted octanol–water partition coefficient (Wildman–Crippen LogP) is 1.49. The van der Waals surface area contributed by atoms with Gasteiger partial charge in [0.2, 0.25) is 11.6 Å². The van der Waals surface area contributed by atoms with Crippen molar-refractivity contribution in [2.75, 3.05) is 7.11 Å². The Balaban J connectivity index is 2.72. The first-order chi connectivity index (χ1) is 7.63. The van der Waals surface area contributed by atoms with Crippen LogP contribution in [0.1, 0.15) is 0 Å². The number of rotatable bonds is 2. The highest BCUT2D eigenvalue weighted by molar-refractivity contribution is 5.69. The molecule has 2 aromatic rings. The van der Waals surface area contributed by atoms with E-state index in [0.717, 1.165) is 0 Å². The topological polar surface area (TPSA) is 75.5 Å². The maximum absolute atomic E-state index is 13.5. The zero-order valence-electron chi connectivity index (χ0n) is 8.28. The van der Waals surface area contributed by atoms with Crippen molar-refractivity contribution in [2.24, 2.45) is 0 Å². The van der Waals surface area contributed by atoms with E-state index in [2.05, 4.69) is 4.42 Å². The van der Waals surface area contributed by atoms with Crippen molar-refractivity contribution < 1.29 is 18.7 Å². The quantitative estimate of drug-likeness (QED) is 0.811. The van der Waals surface area contributed by atoms with Crippen LogP contribution in [-0.4, -0.2) is 17.2 Å². The highest BCUT2D eigenvalue weighted by atomic mass is 19.1. The molecule has 2 rings (SSSR count). The molecular weight excluding hydrogens is 217 g/mol.